The Hall–Kier alpha value is -3.01. The fourth-order valence-corrected chi connectivity index (χ4v) is 2.59. The molecule has 0 unspecified atom stereocenters. The quantitative estimate of drug-likeness (QED) is 0.551. The molecule has 3 rings (SSSR count). The Kier molecular flexibility index (Phi) is 4.66. The predicted molar refractivity (Wildman–Crippen MR) is 93.9 cm³/mol. The van der Waals surface area contributed by atoms with Gasteiger partial charge in [-0.05, 0) is 23.3 Å². The van der Waals surface area contributed by atoms with Gasteiger partial charge in [0.05, 0.1) is 7.11 Å². The van der Waals surface area contributed by atoms with E-state index in [9.17, 15) is 4.79 Å². The van der Waals surface area contributed by atoms with E-state index in [1.807, 2.05) is 54.7 Å². The molecule has 1 aromatic heterocycles. The normalized spacial score (nSPS) is 10.5. The zero-order valence-electron chi connectivity index (χ0n) is 13.5. The van der Waals surface area contributed by atoms with Gasteiger partial charge in [0.2, 0.25) is 0 Å². The number of aromatic amines is 1. The van der Waals surface area contributed by atoms with E-state index < -0.39 is 0 Å². The van der Waals surface area contributed by atoms with Crippen molar-refractivity contribution in [2.75, 3.05) is 7.11 Å². The van der Waals surface area contributed by atoms with Gasteiger partial charge in [-0.25, -0.2) is 4.79 Å². The molecule has 2 aromatic carbocycles. The molecule has 0 aliphatic heterocycles. The first-order valence-electron chi connectivity index (χ1n) is 7.70. The molecule has 3 aromatic rings. The summed E-state index contributed by atoms with van der Waals surface area (Å²) in [6.07, 6.45) is 2.34. The van der Waals surface area contributed by atoms with E-state index in [4.69, 9.17) is 9.47 Å². The Labute approximate surface area is 140 Å². The van der Waals surface area contributed by atoms with E-state index in [0.717, 1.165) is 27.8 Å². The smallest absolute Gasteiger partial charge is 0.333 e. The van der Waals surface area contributed by atoms with Crippen molar-refractivity contribution in [2.45, 2.75) is 13.0 Å². The molecule has 0 spiro atoms. The highest BCUT2D eigenvalue weighted by Gasteiger charge is 2.11. The average Bonchev–Trinajstić information content (AvgIpc) is 3.02. The van der Waals surface area contributed by atoms with Crippen LogP contribution in [0.3, 0.4) is 0 Å². The first kappa shape index (κ1) is 15.9. The number of carbonyl (C=O) groups excluding carboxylic acids is 1. The van der Waals surface area contributed by atoms with Crippen molar-refractivity contribution in [3.05, 3.63) is 78.0 Å². The van der Waals surface area contributed by atoms with Gasteiger partial charge in [0.25, 0.3) is 0 Å². The number of H-pyrrole nitrogens is 1. The van der Waals surface area contributed by atoms with Crippen LogP contribution in [-0.4, -0.2) is 18.1 Å². The SMILES string of the molecule is C=C(Cc1c[nH]c2cc(OCc3ccccc3)ccc12)C(=O)OC. The molecule has 1 heterocycles. The maximum atomic E-state index is 11.5. The number of nitrogens with one attached hydrogen (secondary N) is 1. The first-order valence-corrected chi connectivity index (χ1v) is 7.70. The topological polar surface area (TPSA) is 51.3 Å². The third kappa shape index (κ3) is 3.49. The highest BCUT2D eigenvalue weighted by molar-refractivity contribution is 5.90. The Morgan fingerprint density at radius 3 is 2.71 bits per heavy atom. The van der Waals surface area contributed by atoms with Crippen LogP contribution in [0.5, 0.6) is 5.75 Å². The van der Waals surface area contributed by atoms with Crippen LogP contribution in [0.4, 0.5) is 0 Å². The number of fused-ring (bicyclic) bond motifs is 1. The molecule has 24 heavy (non-hydrogen) atoms. The first-order chi connectivity index (χ1) is 11.7. The summed E-state index contributed by atoms with van der Waals surface area (Å²) < 4.78 is 10.5. The average molecular weight is 321 g/mol. The minimum absolute atomic E-state index is 0.382. The summed E-state index contributed by atoms with van der Waals surface area (Å²) in [5.74, 6) is 0.415. The van der Waals surface area contributed by atoms with Crippen LogP contribution in [0.25, 0.3) is 10.9 Å². The molecule has 122 valence electrons. The molecule has 4 heteroatoms. The Balaban J connectivity index is 1.73. The summed E-state index contributed by atoms with van der Waals surface area (Å²) in [5, 5.41) is 1.05. The zero-order chi connectivity index (χ0) is 16.9. The van der Waals surface area contributed by atoms with Gasteiger partial charge in [0, 0.05) is 35.2 Å². The lowest BCUT2D eigenvalue weighted by Gasteiger charge is -2.07. The number of benzene rings is 2. The van der Waals surface area contributed by atoms with Gasteiger partial charge in [0.1, 0.15) is 12.4 Å². The molecule has 0 bridgehead atoms. The number of esters is 1. The van der Waals surface area contributed by atoms with Crippen LogP contribution in [0.15, 0.2) is 66.9 Å². The summed E-state index contributed by atoms with van der Waals surface area (Å²) in [6.45, 7) is 4.30. The van der Waals surface area contributed by atoms with E-state index in [-0.39, 0.29) is 5.97 Å². The molecular formula is C20H19NO3. The van der Waals surface area contributed by atoms with Gasteiger partial charge in [-0.3, -0.25) is 0 Å². The lowest BCUT2D eigenvalue weighted by molar-refractivity contribution is -0.136. The molecule has 0 aliphatic carbocycles. The highest BCUT2D eigenvalue weighted by atomic mass is 16.5. The van der Waals surface area contributed by atoms with Gasteiger partial charge in [-0.1, -0.05) is 36.9 Å². The number of aromatic nitrogens is 1. The van der Waals surface area contributed by atoms with Crippen molar-refractivity contribution in [3.8, 4) is 5.75 Å². The summed E-state index contributed by atoms with van der Waals surface area (Å²) >= 11 is 0. The largest absolute Gasteiger partial charge is 0.489 e. The second kappa shape index (κ2) is 7.04. The van der Waals surface area contributed by atoms with Crippen molar-refractivity contribution < 1.29 is 14.3 Å². The lowest BCUT2D eigenvalue weighted by Crippen LogP contribution is -2.05. The number of hydrogen-bond donors (Lipinski definition) is 1. The van der Waals surface area contributed by atoms with Crippen molar-refractivity contribution in [1.82, 2.24) is 4.98 Å². The fraction of sp³-hybridized carbons (Fsp3) is 0.150. The number of hydrogen-bond acceptors (Lipinski definition) is 3. The van der Waals surface area contributed by atoms with Gasteiger partial charge >= 0.3 is 5.97 Å². The zero-order valence-corrected chi connectivity index (χ0v) is 13.5. The molecule has 0 radical (unpaired) electrons. The van der Waals surface area contributed by atoms with Crippen LogP contribution in [0, 0.1) is 0 Å². The van der Waals surface area contributed by atoms with E-state index in [1.54, 1.807) is 0 Å². The van der Waals surface area contributed by atoms with E-state index in [2.05, 4.69) is 11.6 Å². The molecule has 0 amide bonds. The van der Waals surface area contributed by atoms with Gasteiger partial charge in [-0.15, -0.1) is 0 Å². The van der Waals surface area contributed by atoms with Crippen molar-refractivity contribution in [3.63, 3.8) is 0 Å². The molecule has 0 aliphatic rings. The Bertz CT molecular complexity index is 865. The molecule has 0 atom stereocenters. The lowest BCUT2D eigenvalue weighted by atomic mass is 10.1. The second-order valence-electron chi connectivity index (χ2n) is 5.57. The maximum Gasteiger partial charge on any atom is 0.333 e. The number of carbonyl (C=O) groups is 1. The van der Waals surface area contributed by atoms with Gasteiger partial charge in [0.15, 0.2) is 0 Å². The van der Waals surface area contributed by atoms with Gasteiger partial charge < -0.3 is 14.5 Å². The van der Waals surface area contributed by atoms with Crippen molar-refractivity contribution in [2.24, 2.45) is 0 Å². The summed E-state index contributed by atoms with van der Waals surface area (Å²) in [7, 11) is 1.36. The predicted octanol–water partition coefficient (Wildman–Crippen LogP) is 4.02. The molecule has 1 N–H and O–H groups in total. The van der Waals surface area contributed by atoms with Crippen LogP contribution >= 0.6 is 0 Å². The summed E-state index contributed by atoms with van der Waals surface area (Å²) in [4.78, 5) is 14.7. The minimum atomic E-state index is -0.382. The van der Waals surface area contributed by atoms with Crippen molar-refractivity contribution in [1.29, 1.82) is 0 Å². The summed E-state index contributed by atoms with van der Waals surface area (Å²) in [6, 6.07) is 15.9. The van der Waals surface area contributed by atoms with Gasteiger partial charge in [-0.2, -0.15) is 0 Å². The Morgan fingerprint density at radius 1 is 1.17 bits per heavy atom. The molecule has 0 saturated carbocycles. The fourth-order valence-electron chi connectivity index (χ4n) is 2.59. The van der Waals surface area contributed by atoms with Crippen LogP contribution < -0.4 is 4.74 Å². The highest BCUT2D eigenvalue weighted by Crippen LogP contribution is 2.25. The van der Waals surface area contributed by atoms with Crippen LogP contribution in [0.2, 0.25) is 0 Å². The van der Waals surface area contributed by atoms with E-state index in [0.29, 0.717) is 18.6 Å². The molecular weight excluding hydrogens is 302 g/mol. The number of methoxy groups -OCH3 is 1. The third-order valence-corrected chi connectivity index (χ3v) is 3.87. The standard InChI is InChI=1S/C20H19NO3/c1-14(20(22)23-2)10-16-12-21-19-11-17(8-9-18(16)19)24-13-15-6-4-3-5-7-15/h3-9,11-12,21H,1,10,13H2,2H3. The molecule has 4 nitrogen and oxygen atoms in total. The Morgan fingerprint density at radius 2 is 1.96 bits per heavy atom. The monoisotopic (exact) mass is 321 g/mol. The van der Waals surface area contributed by atoms with Crippen molar-refractivity contribution >= 4 is 16.9 Å². The minimum Gasteiger partial charge on any atom is -0.489 e. The molecule has 0 fully saturated rings. The second-order valence-corrected chi connectivity index (χ2v) is 5.57. The number of rotatable bonds is 6. The summed E-state index contributed by atoms with van der Waals surface area (Å²) in [5.41, 5.74) is 3.53. The van der Waals surface area contributed by atoms with E-state index >= 15 is 0 Å². The van der Waals surface area contributed by atoms with E-state index in [1.165, 1.54) is 7.11 Å². The van der Waals surface area contributed by atoms with Crippen LogP contribution in [0.1, 0.15) is 11.1 Å². The number of ether oxygens (including phenoxy) is 2. The third-order valence-electron chi connectivity index (χ3n) is 3.87. The van der Waals surface area contributed by atoms with Crippen LogP contribution in [-0.2, 0) is 22.6 Å². The molecule has 0 saturated heterocycles. The maximum absolute atomic E-state index is 11.5.